The van der Waals surface area contributed by atoms with Gasteiger partial charge in [0.1, 0.15) is 5.41 Å². The summed E-state index contributed by atoms with van der Waals surface area (Å²) in [6.45, 7) is 0. The van der Waals surface area contributed by atoms with Crippen LogP contribution in [0.1, 0.15) is 12.8 Å². The Morgan fingerprint density at radius 2 is 2.05 bits per heavy atom. The monoisotopic (exact) mass is 269 g/mol. The second kappa shape index (κ2) is 3.72. The number of hydrogen-bond donors (Lipinski definition) is 1. The summed E-state index contributed by atoms with van der Waals surface area (Å²) < 4.78 is 39.8. The van der Waals surface area contributed by atoms with Crippen molar-refractivity contribution in [3.8, 4) is 0 Å². The molecule has 0 unspecified atom stereocenters. The first-order valence-corrected chi connectivity index (χ1v) is 5.74. The third-order valence-electron chi connectivity index (χ3n) is 3.38. The Hall–Kier alpha value is -2.05. The van der Waals surface area contributed by atoms with Gasteiger partial charge in [0, 0.05) is 6.20 Å². The molecule has 3 rings (SSSR count). The number of hydrogen-bond acceptors (Lipinski definition) is 2. The van der Waals surface area contributed by atoms with Crippen molar-refractivity contribution in [3.05, 3.63) is 30.6 Å². The molecule has 0 atom stereocenters. The van der Waals surface area contributed by atoms with Crippen molar-refractivity contribution < 1.29 is 18.0 Å². The summed E-state index contributed by atoms with van der Waals surface area (Å²) in [5, 5.41) is 6.27. The molecule has 0 bridgehead atoms. The van der Waals surface area contributed by atoms with Gasteiger partial charge in [-0.1, -0.05) is 0 Å². The molecule has 1 amide bonds. The summed E-state index contributed by atoms with van der Waals surface area (Å²) in [5.41, 5.74) is -1.10. The molecule has 0 aromatic carbocycles. The van der Waals surface area contributed by atoms with Gasteiger partial charge in [-0.15, -0.1) is 0 Å². The van der Waals surface area contributed by atoms with E-state index in [2.05, 4.69) is 10.4 Å². The molecule has 0 saturated heterocycles. The summed E-state index contributed by atoms with van der Waals surface area (Å²) in [7, 11) is 0. The van der Waals surface area contributed by atoms with E-state index in [9.17, 15) is 18.0 Å². The highest BCUT2D eigenvalue weighted by atomic mass is 19.4. The highest BCUT2D eigenvalue weighted by Crippen LogP contribution is 2.58. The van der Waals surface area contributed by atoms with E-state index in [1.165, 1.54) is 10.7 Å². The lowest BCUT2D eigenvalue weighted by atomic mass is 10.1. The van der Waals surface area contributed by atoms with Crippen LogP contribution in [0.15, 0.2) is 30.6 Å². The highest BCUT2D eigenvalue weighted by Gasteiger charge is 2.68. The maximum absolute atomic E-state index is 12.8. The number of anilines is 1. The van der Waals surface area contributed by atoms with E-state index in [0.29, 0.717) is 5.69 Å². The first-order chi connectivity index (χ1) is 8.92. The Kier molecular flexibility index (Phi) is 2.35. The number of nitrogens with zero attached hydrogens (tertiary/aromatic N) is 2. The predicted octanol–water partition coefficient (Wildman–Crippen LogP) is 2.62. The molecule has 0 radical (unpaired) electrons. The third kappa shape index (κ3) is 1.85. The summed E-state index contributed by atoms with van der Waals surface area (Å²) in [4.78, 5) is 11.8. The van der Waals surface area contributed by atoms with Gasteiger partial charge in [-0.05, 0) is 31.0 Å². The van der Waals surface area contributed by atoms with Crippen molar-refractivity contribution in [1.29, 1.82) is 0 Å². The third-order valence-corrected chi connectivity index (χ3v) is 3.38. The Labute approximate surface area is 106 Å². The fourth-order valence-electron chi connectivity index (χ4n) is 2.00. The Balaban J connectivity index is 1.83. The molecule has 100 valence electrons. The zero-order valence-electron chi connectivity index (χ0n) is 9.74. The average Bonchev–Trinajstić information content (AvgIpc) is 3.03. The summed E-state index contributed by atoms with van der Waals surface area (Å²) in [6, 6.07) is 4.99. The number of fused-ring (bicyclic) bond motifs is 1. The van der Waals surface area contributed by atoms with Crippen molar-refractivity contribution in [3.63, 3.8) is 0 Å². The lowest BCUT2D eigenvalue weighted by Crippen LogP contribution is -2.37. The number of rotatable bonds is 2. The first-order valence-electron chi connectivity index (χ1n) is 5.74. The van der Waals surface area contributed by atoms with Crippen LogP contribution in [0.25, 0.3) is 5.52 Å². The lowest BCUT2D eigenvalue weighted by molar-refractivity contribution is -0.189. The molecule has 1 aliphatic rings. The molecule has 1 aliphatic carbocycles. The summed E-state index contributed by atoms with van der Waals surface area (Å²) >= 11 is 0. The van der Waals surface area contributed by atoms with Crippen molar-refractivity contribution >= 4 is 17.1 Å². The number of pyridine rings is 1. The lowest BCUT2D eigenvalue weighted by Gasteiger charge is -2.18. The number of nitrogens with one attached hydrogen (secondary N) is 1. The molecule has 2 aromatic heterocycles. The van der Waals surface area contributed by atoms with Gasteiger partial charge in [-0.3, -0.25) is 4.79 Å². The largest absolute Gasteiger partial charge is 0.403 e. The molecule has 2 aromatic rings. The first kappa shape index (κ1) is 12.0. The van der Waals surface area contributed by atoms with Crippen LogP contribution >= 0.6 is 0 Å². The van der Waals surface area contributed by atoms with E-state index >= 15 is 0 Å². The van der Waals surface area contributed by atoms with Gasteiger partial charge >= 0.3 is 6.18 Å². The molecule has 1 N–H and O–H groups in total. The topological polar surface area (TPSA) is 46.4 Å². The minimum absolute atomic E-state index is 0.146. The number of carbonyl (C=O) groups excluding carboxylic acids is 1. The van der Waals surface area contributed by atoms with Crippen LogP contribution in [-0.2, 0) is 4.79 Å². The number of amides is 1. The van der Waals surface area contributed by atoms with Crippen molar-refractivity contribution in [2.24, 2.45) is 5.41 Å². The van der Waals surface area contributed by atoms with Gasteiger partial charge in [0.2, 0.25) is 5.91 Å². The zero-order valence-corrected chi connectivity index (χ0v) is 9.74. The van der Waals surface area contributed by atoms with Crippen molar-refractivity contribution in [2.75, 3.05) is 5.32 Å². The van der Waals surface area contributed by atoms with E-state index in [1.807, 2.05) is 0 Å². The summed E-state index contributed by atoms with van der Waals surface area (Å²) in [6.07, 6.45) is -1.73. The molecule has 0 spiro atoms. The van der Waals surface area contributed by atoms with Crippen LogP contribution in [-0.4, -0.2) is 21.7 Å². The van der Waals surface area contributed by atoms with Crippen LogP contribution in [0, 0.1) is 5.41 Å². The van der Waals surface area contributed by atoms with E-state index in [-0.39, 0.29) is 12.8 Å². The second-order valence-electron chi connectivity index (χ2n) is 4.65. The van der Waals surface area contributed by atoms with Gasteiger partial charge < -0.3 is 5.32 Å². The van der Waals surface area contributed by atoms with E-state index in [0.717, 1.165) is 5.52 Å². The van der Waals surface area contributed by atoms with Gasteiger partial charge in [-0.2, -0.15) is 18.3 Å². The highest BCUT2D eigenvalue weighted by molar-refractivity contribution is 5.97. The fraction of sp³-hybridized carbons (Fsp3) is 0.333. The van der Waals surface area contributed by atoms with Crippen LogP contribution in [0.3, 0.4) is 0 Å². The molecule has 0 aliphatic heterocycles. The predicted molar refractivity (Wildman–Crippen MR) is 61.5 cm³/mol. The van der Waals surface area contributed by atoms with Gasteiger partial charge in [0.15, 0.2) is 0 Å². The minimum atomic E-state index is -4.49. The van der Waals surface area contributed by atoms with Gasteiger partial charge in [0.25, 0.3) is 0 Å². The van der Waals surface area contributed by atoms with Crippen LogP contribution in [0.5, 0.6) is 0 Å². The normalized spacial score (nSPS) is 17.4. The molecule has 4 nitrogen and oxygen atoms in total. The molecular weight excluding hydrogens is 259 g/mol. The second-order valence-corrected chi connectivity index (χ2v) is 4.65. The maximum atomic E-state index is 12.8. The fourth-order valence-corrected chi connectivity index (χ4v) is 2.00. The van der Waals surface area contributed by atoms with E-state index < -0.39 is 17.5 Å². The number of carbonyl (C=O) groups is 1. The van der Waals surface area contributed by atoms with Crippen LogP contribution in [0.4, 0.5) is 18.9 Å². The molecule has 1 fully saturated rings. The number of aromatic nitrogens is 2. The number of alkyl halides is 3. The average molecular weight is 269 g/mol. The molecule has 1 saturated carbocycles. The Bertz CT molecular complexity index is 643. The molecular formula is C12H10F3N3O. The standard InChI is InChI=1S/C12H10F3N3O/c13-12(14,15)11(4-5-11)10(19)17-8-1-2-9-3-6-16-18(9)7-8/h1-3,6-7H,4-5H2,(H,17,19). The van der Waals surface area contributed by atoms with Crippen LogP contribution < -0.4 is 5.32 Å². The Morgan fingerprint density at radius 1 is 1.32 bits per heavy atom. The quantitative estimate of drug-likeness (QED) is 0.911. The SMILES string of the molecule is O=C(Nc1ccc2ccnn2c1)C1(C(F)(F)F)CC1. The van der Waals surface area contributed by atoms with Gasteiger partial charge in [0.05, 0.1) is 17.4 Å². The molecule has 7 heteroatoms. The van der Waals surface area contributed by atoms with Crippen LogP contribution in [0.2, 0.25) is 0 Å². The number of halogens is 3. The molecule has 19 heavy (non-hydrogen) atoms. The minimum Gasteiger partial charge on any atom is -0.324 e. The van der Waals surface area contributed by atoms with E-state index in [4.69, 9.17) is 0 Å². The molecule has 2 heterocycles. The van der Waals surface area contributed by atoms with Crippen molar-refractivity contribution in [2.45, 2.75) is 19.0 Å². The van der Waals surface area contributed by atoms with Crippen molar-refractivity contribution in [1.82, 2.24) is 9.61 Å². The zero-order chi connectivity index (χ0) is 13.7. The van der Waals surface area contributed by atoms with E-state index in [1.54, 1.807) is 24.4 Å². The smallest absolute Gasteiger partial charge is 0.324 e. The summed E-state index contributed by atoms with van der Waals surface area (Å²) in [5.74, 6) is -0.994. The Morgan fingerprint density at radius 3 is 2.68 bits per heavy atom. The van der Waals surface area contributed by atoms with Gasteiger partial charge in [-0.25, -0.2) is 4.52 Å². The maximum Gasteiger partial charge on any atom is 0.403 e.